The lowest BCUT2D eigenvalue weighted by Crippen LogP contribution is -2.14. The van der Waals surface area contributed by atoms with E-state index in [-0.39, 0.29) is 17.9 Å². The molecule has 35 heavy (non-hydrogen) atoms. The van der Waals surface area contributed by atoms with Crippen LogP contribution in [-0.2, 0) is 13.0 Å². The van der Waals surface area contributed by atoms with Crippen molar-refractivity contribution in [1.82, 2.24) is 24.7 Å². The lowest BCUT2D eigenvalue weighted by atomic mass is 10.1. The Morgan fingerprint density at radius 1 is 1.17 bits per heavy atom. The van der Waals surface area contributed by atoms with Gasteiger partial charge in [-0.05, 0) is 18.6 Å². The van der Waals surface area contributed by atoms with Gasteiger partial charge < -0.3 is 20.5 Å². The van der Waals surface area contributed by atoms with Crippen molar-refractivity contribution in [3.05, 3.63) is 71.4 Å². The number of carbonyl (C=O) groups excluding carboxylic acids is 1. The third-order valence-corrected chi connectivity index (χ3v) is 5.35. The molecular weight excluding hydrogens is 453 g/mol. The molecular formula is C24H24FN7O3. The van der Waals surface area contributed by atoms with E-state index in [2.05, 4.69) is 25.4 Å². The van der Waals surface area contributed by atoms with E-state index in [1.165, 1.54) is 38.9 Å². The number of aromatic nitrogens is 5. The average molecular weight is 478 g/mol. The first-order chi connectivity index (χ1) is 17.0. The van der Waals surface area contributed by atoms with Crippen molar-refractivity contribution in [2.75, 3.05) is 19.5 Å². The highest BCUT2D eigenvalue weighted by Gasteiger charge is 2.23. The minimum absolute atomic E-state index is 0.170. The van der Waals surface area contributed by atoms with Gasteiger partial charge in [0, 0.05) is 23.5 Å². The Kier molecular flexibility index (Phi) is 6.86. The fourth-order valence-electron chi connectivity index (χ4n) is 3.66. The molecule has 0 aliphatic rings. The molecule has 0 spiro atoms. The van der Waals surface area contributed by atoms with Crippen LogP contribution in [0, 0.1) is 5.82 Å². The monoisotopic (exact) mass is 477 g/mol. The minimum atomic E-state index is -0.640. The van der Waals surface area contributed by atoms with E-state index in [1.807, 2.05) is 6.92 Å². The minimum Gasteiger partial charge on any atom is -0.491 e. The molecule has 3 heterocycles. The van der Waals surface area contributed by atoms with E-state index in [0.29, 0.717) is 46.6 Å². The highest BCUT2D eigenvalue weighted by molar-refractivity contribution is 5.98. The summed E-state index contributed by atoms with van der Waals surface area (Å²) in [6.07, 6.45) is 4.96. The molecule has 0 radical (unpaired) electrons. The van der Waals surface area contributed by atoms with Gasteiger partial charge in [-0.25, -0.2) is 19.0 Å². The molecule has 0 fully saturated rings. The standard InChI is InChI=1S/C24H24FN7O3/c1-4-15-20(31-32(24(15)35-3)13-14-7-5-6-8-17(14)25)23-28-12-19(34-2)22(30-23)29-18-9-10-27-11-16(18)21(26)33/h5-12H,4,13H2,1-3H3,(H2,26,33)(H,27,28,29,30). The maximum absolute atomic E-state index is 14.3. The summed E-state index contributed by atoms with van der Waals surface area (Å²) in [6, 6.07) is 8.09. The molecule has 180 valence electrons. The zero-order chi connectivity index (χ0) is 24.9. The van der Waals surface area contributed by atoms with Gasteiger partial charge in [-0.15, -0.1) is 0 Å². The van der Waals surface area contributed by atoms with Gasteiger partial charge in [-0.3, -0.25) is 9.78 Å². The van der Waals surface area contributed by atoms with E-state index in [1.54, 1.807) is 28.9 Å². The van der Waals surface area contributed by atoms with Crippen molar-refractivity contribution in [1.29, 1.82) is 0 Å². The van der Waals surface area contributed by atoms with Crippen molar-refractivity contribution in [3.63, 3.8) is 0 Å². The average Bonchev–Trinajstić information content (AvgIpc) is 3.22. The number of hydrogen-bond acceptors (Lipinski definition) is 8. The van der Waals surface area contributed by atoms with Gasteiger partial charge in [0.1, 0.15) is 11.5 Å². The molecule has 0 aliphatic carbocycles. The van der Waals surface area contributed by atoms with Crippen LogP contribution < -0.4 is 20.5 Å². The summed E-state index contributed by atoms with van der Waals surface area (Å²) in [5.41, 5.74) is 7.79. The SMILES string of the molecule is CCc1c(-c2ncc(OC)c(Nc3ccncc3C(N)=O)n2)nn(Cc2ccccc2F)c1OC. The molecule has 1 aromatic carbocycles. The maximum Gasteiger partial charge on any atom is 0.252 e. The molecule has 0 atom stereocenters. The number of pyridine rings is 1. The fourth-order valence-corrected chi connectivity index (χ4v) is 3.66. The van der Waals surface area contributed by atoms with Crippen molar-refractivity contribution >= 4 is 17.4 Å². The zero-order valence-electron chi connectivity index (χ0n) is 19.4. The first-order valence-corrected chi connectivity index (χ1v) is 10.8. The highest BCUT2D eigenvalue weighted by Crippen LogP contribution is 2.33. The molecule has 10 nitrogen and oxygen atoms in total. The van der Waals surface area contributed by atoms with Crippen LogP contribution in [0.1, 0.15) is 28.4 Å². The molecule has 0 aliphatic heterocycles. The number of primary amides is 1. The molecule has 11 heteroatoms. The van der Waals surface area contributed by atoms with Crippen molar-refractivity contribution in [3.8, 4) is 23.1 Å². The predicted molar refractivity (Wildman–Crippen MR) is 127 cm³/mol. The summed E-state index contributed by atoms with van der Waals surface area (Å²) < 4.78 is 26.9. The number of nitrogens with two attached hydrogens (primary N) is 1. The number of rotatable bonds is 9. The van der Waals surface area contributed by atoms with E-state index < -0.39 is 5.91 Å². The van der Waals surface area contributed by atoms with Gasteiger partial charge in [0.25, 0.3) is 5.91 Å². The van der Waals surface area contributed by atoms with Crippen LogP contribution >= 0.6 is 0 Å². The van der Waals surface area contributed by atoms with E-state index in [0.717, 1.165) is 5.56 Å². The number of halogens is 1. The number of benzene rings is 1. The van der Waals surface area contributed by atoms with Crippen molar-refractivity contribution < 1.29 is 18.7 Å². The van der Waals surface area contributed by atoms with E-state index in [9.17, 15) is 9.18 Å². The number of ether oxygens (including phenoxy) is 2. The third-order valence-electron chi connectivity index (χ3n) is 5.35. The van der Waals surface area contributed by atoms with Gasteiger partial charge in [0.05, 0.1) is 38.2 Å². The van der Waals surface area contributed by atoms with Crippen LogP contribution in [0.15, 0.2) is 48.9 Å². The fraction of sp³-hybridized carbons (Fsp3) is 0.208. The summed E-state index contributed by atoms with van der Waals surface area (Å²) in [5, 5.41) is 7.73. The molecule has 4 aromatic rings. The van der Waals surface area contributed by atoms with E-state index in [4.69, 9.17) is 15.2 Å². The van der Waals surface area contributed by atoms with Crippen LogP contribution in [0.25, 0.3) is 11.5 Å². The van der Waals surface area contributed by atoms with Gasteiger partial charge in [-0.2, -0.15) is 5.10 Å². The predicted octanol–water partition coefficient (Wildman–Crippen LogP) is 3.34. The Hall–Kier alpha value is -4.54. The van der Waals surface area contributed by atoms with Gasteiger partial charge in [0.2, 0.25) is 5.88 Å². The second-order valence-corrected chi connectivity index (χ2v) is 7.46. The molecule has 0 saturated heterocycles. The number of amides is 1. The topological polar surface area (TPSA) is 130 Å². The number of hydrogen-bond donors (Lipinski definition) is 2. The van der Waals surface area contributed by atoms with E-state index >= 15 is 0 Å². The van der Waals surface area contributed by atoms with Crippen molar-refractivity contribution in [2.45, 2.75) is 19.9 Å². The molecule has 3 N–H and O–H groups in total. The second kappa shape index (κ2) is 10.2. The first kappa shape index (κ1) is 23.6. The number of nitrogens with one attached hydrogen (secondary N) is 1. The van der Waals surface area contributed by atoms with Crippen LogP contribution in [0.2, 0.25) is 0 Å². The summed E-state index contributed by atoms with van der Waals surface area (Å²) in [7, 11) is 3.02. The summed E-state index contributed by atoms with van der Waals surface area (Å²) in [4.78, 5) is 24.8. The Labute approximate surface area is 201 Å². The quantitative estimate of drug-likeness (QED) is 0.375. The lowest BCUT2D eigenvalue weighted by Gasteiger charge is -2.12. The van der Waals surface area contributed by atoms with Crippen molar-refractivity contribution in [2.24, 2.45) is 5.73 Å². The molecule has 0 unspecified atom stereocenters. The number of anilines is 2. The van der Waals surface area contributed by atoms with Crippen LogP contribution in [0.5, 0.6) is 11.6 Å². The van der Waals surface area contributed by atoms with Gasteiger partial charge >= 0.3 is 0 Å². The Morgan fingerprint density at radius 2 is 1.97 bits per heavy atom. The number of carbonyl (C=O) groups is 1. The number of methoxy groups -OCH3 is 2. The van der Waals surface area contributed by atoms with Gasteiger partial charge in [0.15, 0.2) is 17.4 Å². The third kappa shape index (κ3) is 4.74. The van der Waals surface area contributed by atoms with Crippen LogP contribution in [-0.4, -0.2) is 44.9 Å². The first-order valence-electron chi connectivity index (χ1n) is 10.8. The Morgan fingerprint density at radius 3 is 2.66 bits per heavy atom. The molecule has 1 amide bonds. The van der Waals surface area contributed by atoms with Gasteiger partial charge in [-0.1, -0.05) is 25.1 Å². The normalized spacial score (nSPS) is 10.7. The molecule has 4 rings (SSSR count). The second-order valence-electron chi connectivity index (χ2n) is 7.46. The molecule has 0 saturated carbocycles. The summed E-state index contributed by atoms with van der Waals surface area (Å²) in [6.45, 7) is 2.12. The Bertz CT molecular complexity index is 1370. The largest absolute Gasteiger partial charge is 0.491 e. The lowest BCUT2D eigenvalue weighted by molar-refractivity contribution is 0.100. The maximum atomic E-state index is 14.3. The smallest absolute Gasteiger partial charge is 0.252 e. The molecule has 0 bridgehead atoms. The number of nitrogens with zero attached hydrogens (tertiary/aromatic N) is 5. The zero-order valence-corrected chi connectivity index (χ0v) is 19.4. The highest BCUT2D eigenvalue weighted by atomic mass is 19.1. The van der Waals surface area contributed by atoms with Crippen LogP contribution in [0.3, 0.4) is 0 Å². The summed E-state index contributed by atoms with van der Waals surface area (Å²) >= 11 is 0. The summed E-state index contributed by atoms with van der Waals surface area (Å²) in [5.74, 6) is 0.459. The molecule has 3 aromatic heterocycles. The Balaban J connectivity index is 1.78. The van der Waals surface area contributed by atoms with Crippen LogP contribution in [0.4, 0.5) is 15.9 Å².